The number of amides is 1. The van der Waals surface area contributed by atoms with Crippen molar-refractivity contribution in [2.24, 2.45) is 5.41 Å². The van der Waals surface area contributed by atoms with Crippen LogP contribution in [-0.2, 0) is 6.42 Å². The number of aryl methyl sites for hydroxylation is 1. The molecule has 0 radical (unpaired) electrons. The van der Waals surface area contributed by atoms with Crippen LogP contribution in [-0.4, -0.2) is 34.6 Å². The predicted molar refractivity (Wildman–Crippen MR) is 108 cm³/mol. The van der Waals surface area contributed by atoms with Gasteiger partial charge in [-0.15, -0.1) is 0 Å². The summed E-state index contributed by atoms with van der Waals surface area (Å²) in [7, 11) is 0. The second-order valence-electron chi connectivity index (χ2n) is 8.46. The molecule has 0 aliphatic carbocycles. The normalized spacial score (nSPS) is 26.1. The van der Waals surface area contributed by atoms with Gasteiger partial charge in [0.1, 0.15) is 5.82 Å². The second kappa shape index (κ2) is 7.32. The van der Waals surface area contributed by atoms with Crippen molar-refractivity contribution in [3.63, 3.8) is 0 Å². The standard InChI is InChI=1S/C24H28FNO2/c1-3-24(15-27)14-19-10-11-22(24)26(19)23(28)20-7-5-4-6-18(20)12-17-9-8-16(2)21(25)13-17/h4-9,13,19,22,27H,3,10-12,14-15H2,1-2H3/t19-,22+,24-/m0/s1. The molecule has 3 nitrogen and oxygen atoms in total. The lowest BCUT2D eigenvalue weighted by Gasteiger charge is -2.35. The Morgan fingerprint density at radius 1 is 1.25 bits per heavy atom. The Hall–Kier alpha value is -2.20. The summed E-state index contributed by atoms with van der Waals surface area (Å²) in [6.45, 7) is 4.00. The van der Waals surface area contributed by atoms with Crippen LogP contribution in [0.2, 0.25) is 0 Å². The van der Waals surface area contributed by atoms with E-state index in [0.29, 0.717) is 17.5 Å². The molecule has 4 rings (SSSR count). The lowest BCUT2D eigenvalue weighted by atomic mass is 9.72. The first-order valence-corrected chi connectivity index (χ1v) is 10.3. The minimum atomic E-state index is -0.213. The summed E-state index contributed by atoms with van der Waals surface area (Å²) in [5.41, 5.74) is 2.96. The highest BCUT2D eigenvalue weighted by Gasteiger charge is 2.56. The molecular weight excluding hydrogens is 353 g/mol. The molecule has 0 spiro atoms. The summed E-state index contributed by atoms with van der Waals surface area (Å²) >= 11 is 0. The monoisotopic (exact) mass is 381 g/mol. The molecule has 2 fully saturated rings. The first kappa shape index (κ1) is 19.1. The first-order chi connectivity index (χ1) is 13.5. The van der Waals surface area contributed by atoms with Crippen LogP contribution in [0.1, 0.15) is 59.7 Å². The zero-order valence-electron chi connectivity index (χ0n) is 16.6. The number of halogens is 1. The number of aliphatic hydroxyl groups excluding tert-OH is 1. The van der Waals surface area contributed by atoms with Gasteiger partial charge in [0.2, 0.25) is 0 Å². The summed E-state index contributed by atoms with van der Waals surface area (Å²) < 4.78 is 14.0. The van der Waals surface area contributed by atoms with Gasteiger partial charge in [0.15, 0.2) is 0 Å². The maximum Gasteiger partial charge on any atom is 0.254 e. The zero-order chi connectivity index (χ0) is 19.9. The van der Waals surface area contributed by atoms with Crippen molar-refractivity contribution in [2.75, 3.05) is 6.61 Å². The maximum absolute atomic E-state index is 14.0. The number of benzene rings is 2. The van der Waals surface area contributed by atoms with E-state index in [1.807, 2.05) is 35.2 Å². The van der Waals surface area contributed by atoms with Crippen molar-refractivity contribution < 1.29 is 14.3 Å². The SMILES string of the molecule is CC[C@@]1(CO)C[C@@H]2CC[C@H]1N2C(=O)c1ccccc1Cc1ccc(C)c(F)c1. The number of nitrogens with zero attached hydrogens (tertiary/aromatic N) is 1. The molecule has 148 valence electrons. The minimum Gasteiger partial charge on any atom is -0.396 e. The highest BCUT2D eigenvalue weighted by molar-refractivity contribution is 5.96. The van der Waals surface area contributed by atoms with Crippen LogP contribution in [0.4, 0.5) is 4.39 Å². The number of rotatable bonds is 5. The molecule has 2 heterocycles. The number of hydrogen-bond donors (Lipinski definition) is 1. The Bertz CT molecular complexity index is 890. The molecule has 0 unspecified atom stereocenters. The molecule has 1 amide bonds. The highest BCUT2D eigenvalue weighted by Crippen LogP contribution is 2.52. The van der Waals surface area contributed by atoms with E-state index in [4.69, 9.17) is 0 Å². The van der Waals surface area contributed by atoms with Gasteiger partial charge >= 0.3 is 0 Å². The van der Waals surface area contributed by atoms with Crippen LogP contribution in [0.25, 0.3) is 0 Å². The molecule has 3 atom stereocenters. The summed E-state index contributed by atoms with van der Waals surface area (Å²) in [5, 5.41) is 10.0. The van der Waals surface area contributed by atoms with Gasteiger partial charge in [0, 0.05) is 23.1 Å². The van der Waals surface area contributed by atoms with E-state index in [-0.39, 0.29) is 35.8 Å². The van der Waals surface area contributed by atoms with Crippen molar-refractivity contribution in [3.05, 3.63) is 70.5 Å². The van der Waals surface area contributed by atoms with E-state index < -0.39 is 0 Å². The van der Waals surface area contributed by atoms with Crippen molar-refractivity contribution in [1.29, 1.82) is 0 Å². The molecular formula is C24H28FNO2. The topological polar surface area (TPSA) is 40.5 Å². The van der Waals surface area contributed by atoms with Gasteiger partial charge in [-0.3, -0.25) is 4.79 Å². The third-order valence-corrected chi connectivity index (χ3v) is 6.98. The smallest absolute Gasteiger partial charge is 0.254 e. The van der Waals surface area contributed by atoms with E-state index >= 15 is 0 Å². The van der Waals surface area contributed by atoms with Gasteiger partial charge < -0.3 is 10.0 Å². The largest absolute Gasteiger partial charge is 0.396 e. The van der Waals surface area contributed by atoms with Crippen molar-refractivity contribution in [1.82, 2.24) is 4.90 Å². The molecule has 1 N–H and O–H groups in total. The van der Waals surface area contributed by atoms with Gasteiger partial charge in [-0.2, -0.15) is 0 Å². The Balaban J connectivity index is 1.63. The second-order valence-corrected chi connectivity index (χ2v) is 8.46. The van der Waals surface area contributed by atoms with Crippen LogP contribution >= 0.6 is 0 Å². The van der Waals surface area contributed by atoms with Crippen molar-refractivity contribution >= 4 is 5.91 Å². The van der Waals surface area contributed by atoms with Crippen LogP contribution in [0.3, 0.4) is 0 Å². The number of fused-ring (bicyclic) bond motifs is 2. The van der Waals surface area contributed by atoms with Gasteiger partial charge in [-0.1, -0.05) is 37.3 Å². The predicted octanol–water partition coefficient (Wildman–Crippen LogP) is 4.49. The summed E-state index contributed by atoms with van der Waals surface area (Å²) in [6.07, 6.45) is 4.29. The van der Waals surface area contributed by atoms with E-state index in [1.54, 1.807) is 19.1 Å². The molecule has 28 heavy (non-hydrogen) atoms. The van der Waals surface area contributed by atoms with E-state index in [2.05, 4.69) is 6.92 Å². The fraction of sp³-hybridized carbons (Fsp3) is 0.458. The van der Waals surface area contributed by atoms with Crippen LogP contribution < -0.4 is 0 Å². The lowest BCUT2D eigenvalue weighted by Crippen LogP contribution is -2.42. The van der Waals surface area contributed by atoms with Gasteiger partial charge in [0.25, 0.3) is 5.91 Å². The molecule has 0 saturated carbocycles. The third kappa shape index (κ3) is 3.04. The minimum absolute atomic E-state index is 0.0551. The van der Waals surface area contributed by atoms with Gasteiger partial charge in [-0.25, -0.2) is 4.39 Å². The van der Waals surface area contributed by atoms with Crippen LogP contribution in [0.15, 0.2) is 42.5 Å². The number of hydrogen-bond acceptors (Lipinski definition) is 2. The number of carbonyl (C=O) groups excluding carboxylic acids is 1. The summed E-state index contributed by atoms with van der Waals surface area (Å²) in [5.74, 6) is -0.158. The van der Waals surface area contributed by atoms with Crippen molar-refractivity contribution in [3.8, 4) is 0 Å². The van der Waals surface area contributed by atoms with E-state index in [9.17, 15) is 14.3 Å². The zero-order valence-corrected chi connectivity index (χ0v) is 16.6. The van der Waals surface area contributed by atoms with Crippen molar-refractivity contribution in [2.45, 2.75) is 58.0 Å². The van der Waals surface area contributed by atoms with Gasteiger partial charge in [-0.05, 0) is 67.9 Å². The average molecular weight is 381 g/mol. The van der Waals surface area contributed by atoms with E-state index in [0.717, 1.165) is 36.8 Å². The fourth-order valence-corrected chi connectivity index (χ4v) is 5.25. The average Bonchev–Trinajstić information content (AvgIpc) is 3.27. The first-order valence-electron chi connectivity index (χ1n) is 10.3. The molecule has 2 bridgehead atoms. The quantitative estimate of drug-likeness (QED) is 0.829. The van der Waals surface area contributed by atoms with E-state index in [1.165, 1.54) is 0 Å². The summed E-state index contributed by atoms with van der Waals surface area (Å²) in [6, 6.07) is 13.3. The number of carbonyl (C=O) groups is 1. The Morgan fingerprint density at radius 2 is 2.04 bits per heavy atom. The molecule has 2 aromatic carbocycles. The molecule has 2 aromatic rings. The molecule has 4 heteroatoms. The summed E-state index contributed by atoms with van der Waals surface area (Å²) in [4.78, 5) is 15.6. The van der Waals surface area contributed by atoms with Gasteiger partial charge in [0.05, 0.1) is 6.61 Å². The molecule has 2 saturated heterocycles. The highest BCUT2D eigenvalue weighted by atomic mass is 19.1. The Kier molecular flexibility index (Phi) is 5.00. The molecule has 0 aromatic heterocycles. The lowest BCUT2D eigenvalue weighted by molar-refractivity contribution is 0.0556. The third-order valence-electron chi connectivity index (χ3n) is 6.98. The fourth-order valence-electron chi connectivity index (χ4n) is 5.25. The number of aliphatic hydroxyl groups is 1. The molecule has 2 aliphatic rings. The maximum atomic E-state index is 14.0. The van der Waals surface area contributed by atoms with Crippen LogP contribution in [0.5, 0.6) is 0 Å². The Morgan fingerprint density at radius 3 is 2.71 bits per heavy atom. The molecule has 2 aliphatic heterocycles. The van der Waals surface area contributed by atoms with Crippen LogP contribution in [0, 0.1) is 18.2 Å². The Labute approximate surface area is 166 Å².